The number of carbonyl (C=O) groups is 1. The summed E-state index contributed by atoms with van der Waals surface area (Å²) in [6.07, 6.45) is 0. The molecule has 0 aliphatic rings. The second kappa shape index (κ2) is 5.74. The molecule has 0 bridgehead atoms. The number of carbonyl (C=O) groups excluding carboxylic acids is 1. The van der Waals surface area contributed by atoms with Crippen molar-refractivity contribution in [3.05, 3.63) is 59.7 Å². The molecule has 94 valence electrons. The molecule has 2 aromatic carbocycles. The summed E-state index contributed by atoms with van der Waals surface area (Å²) in [5, 5.41) is 0. The standard InChI is InChI=1S/C16H15BO2/c1-11(12-3-7-14(17)8-4-12)16(18)13-5-9-15(19-2)10-6-13/h3-11H,1-2H3. The lowest BCUT2D eigenvalue weighted by atomic mass is 9.89. The van der Waals surface area contributed by atoms with Crippen LogP contribution in [-0.4, -0.2) is 20.7 Å². The minimum Gasteiger partial charge on any atom is -0.497 e. The van der Waals surface area contributed by atoms with Crippen LogP contribution in [0, 0.1) is 0 Å². The minimum absolute atomic E-state index is 0.0902. The van der Waals surface area contributed by atoms with Gasteiger partial charge in [0.25, 0.3) is 0 Å². The van der Waals surface area contributed by atoms with Crippen molar-refractivity contribution in [2.75, 3.05) is 7.11 Å². The van der Waals surface area contributed by atoms with Crippen LogP contribution in [-0.2, 0) is 0 Å². The molecule has 1 atom stereocenters. The van der Waals surface area contributed by atoms with Gasteiger partial charge in [-0.25, -0.2) is 0 Å². The third kappa shape index (κ3) is 3.05. The van der Waals surface area contributed by atoms with Gasteiger partial charge in [-0.15, -0.1) is 0 Å². The average molecular weight is 250 g/mol. The summed E-state index contributed by atoms with van der Waals surface area (Å²) in [6.45, 7) is 1.90. The molecule has 0 fully saturated rings. The zero-order chi connectivity index (χ0) is 13.8. The van der Waals surface area contributed by atoms with Crippen molar-refractivity contribution in [2.24, 2.45) is 0 Å². The predicted octanol–water partition coefficient (Wildman–Crippen LogP) is 2.48. The van der Waals surface area contributed by atoms with Crippen LogP contribution in [0.3, 0.4) is 0 Å². The summed E-state index contributed by atoms with van der Waals surface area (Å²) < 4.78 is 5.08. The zero-order valence-corrected chi connectivity index (χ0v) is 11.1. The Bertz CT molecular complexity index is 558. The Hall–Kier alpha value is -2.03. The first-order valence-electron chi connectivity index (χ1n) is 6.15. The molecule has 2 aromatic rings. The fraction of sp³-hybridized carbons (Fsp3) is 0.188. The topological polar surface area (TPSA) is 26.3 Å². The van der Waals surface area contributed by atoms with Gasteiger partial charge >= 0.3 is 0 Å². The maximum atomic E-state index is 12.4. The van der Waals surface area contributed by atoms with Gasteiger partial charge in [0.05, 0.1) is 7.11 Å². The molecule has 1 unspecified atom stereocenters. The SMILES string of the molecule is [B]c1ccc(C(C)C(=O)c2ccc(OC)cc2)cc1. The molecule has 0 spiro atoms. The molecule has 0 aliphatic heterocycles. The number of benzene rings is 2. The molecule has 0 amide bonds. The smallest absolute Gasteiger partial charge is 0.170 e. The van der Waals surface area contributed by atoms with Gasteiger partial charge in [-0.1, -0.05) is 36.7 Å². The van der Waals surface area contributed by atoms with Crippen molar-refractivity contribution in [1.29, 1.82) is 0 Å². The fourth-order valence-electron chi connectivity index (χ4n) is 1.94. The van der Waals surface area contributed by atoms with E-state index in [4.69, 9.17) is 12.6 Å². The number of rotatable bonds is 4. The second-order valence-corrected chi connectivity index (χ2v) is 4.48. The van der Waals surface area contributed by atoms with E-state index < -0.39 is 0 Å². The van der Waals surface area contributed by atoms with Crippen LogP contribution in [0.15, 0.2) is 48.5 Å². The lowest BCUT2D eigenvalue weighted by Crippen LogP contribution is -2.11. The number of Topliss-reactive ketones (excluding diaryl/α,β-unsaturated/α-hetero) is 1. The van der Waals surface area contributed by atoms with Crippen LogP contribution < -0.4 is 10.2 Å². The molecule has 0 saturated heterocycles. The highest BCUT2D eigenvalue weighted by atomic mass is 16.5. The van der Waals surface area contributed by atoms with E-state index in [1.807, 2.05) is 31.2 Å². The van der Waals surface area contributed by atoms with Crippen LogP contribution in [0.4, 0.5) is 0 Å². The van der Waals surface area contributed by atoms with Gasteiger partial charge in [0.2, 0.25) is 0 Å². The number of hydrogen-bond acceptors (Lipinski definition) is 2. The van der Waals surface area contributed by atoms with E-state index in [9.17, 15) is 4.79 Å². The van der Waals surface area contributed by atoms with Crippen molar-refractivity contribution in [1.82, 2.24) is 0 Å². The molecule has 19 heavy (non-hydrogen) atoms. The Kier molecular flexibility index (Phi) is 4.05. The molecule has 2 nitrogen and oxygen atoms in total. The summed E-state index contributed by atoms with van der Waals surface area (Å²) in [5.41, 5.74) is 2.35. The number of hydrogen-bond donors (Lipinski definition) is 0. The first-order valence-corrected chi connectivity index (χ1v) is 6.15. The van der Waals surface area contributed by atoms with Crippen LogP contribution in [0.5, 0.6) is 5.75 Å². The third-order valence-electron chi connectivity index (χ3n) is 3.20. The van der Waals surface area contributed by atoms with E-state index in [0.29, 0.717) is 11.0 Å². The Morgan fingerprint density at radius 1 is 1.05 bits per heavy atom. The van der Waals surface area contributed by atoms with Gasteiger partial charge in [0, 0.05) is 11.5 Å². The molecule has 0 N–H and O–H groups in total. The highest BCUT2D eigenvalue weighted by Gasteiger charge is 2.16. The molecule has 0 heterocycles. The Balaban J connectivity index is 2.20. The quantitative estimate of drug-likeness (QED) is 0.615. The molecule has 0 aliphatic carbocycles. The Labute approximate surface area is 114 Å². The number of methoxy groups -OCH3 is 1. The highest BCUT2D eigenvalue weighted by Crippen LogP contribution is 2.21. The highest BCUT2D eigenvalue weighted by molar-refractivity contribution is 6.32. The molecule has 0 aromatic heterocycles. The molecule has 2 rings (SSSR count). The summed E-state index contributed by atoms with van der Waals surface area (Å²) in [5.74, 6) is 0.651. The van der Waals surface area contributed by atoms with Crippen LogP contribution in [0.2, 0.25) is 0 Å². The van der Waals surface area contributed by atoms with Crippen molar-refractivity contribution in [3.63, 3.8) is 0 Å². The normalized spacial score (nSPS) is 11.9. The van der Waals surface area contributed by atoms with Crippen LogP contribution in [0.25, 0.3) is 0 Å². The van der Waals surface area contributed by atoms with E-state index in [0.717, 1.165) is 11.3 Å². The Morgan fingerprint density at radius 2 is 1.63 bits per heavy atom. The van der Waals surface area contributed by atoms with Crippen LogP contribution in [0.1, 0.15) is 28.8 Å². The van der Waals surface area contributed by atoms with Gasteiger partial charge in [0.1, 0.15) is 13.6 Å². The number of ether oxygens (including phenoxy) is 1. The van der Waals surface area contributed by atoms with Crippen molar-refractivity contribution < 1.29 is 9.53 Å². The molecular formula is C16H15BO2. The van der Waals surface area contributed by atoms with Crippen LogP contribution >= 0.6 is 0 Å². The minimum atomic E-state index is -0.186. The van der Waals surface area contributed by atoms with E-state index in [1.54, 1.807) is 31.4 Å². The monoisotopic (exact) mass is 250 g/mol. The molecule has 2 radical (unpaired) electrons. The van der Waals surface area contributed by atoms with Crippen molar-refractivity contribution in [2.45, 2.75) is 12.8 Å². The molecular weight excluding hydrogens is 235 g/mol. The maximum absolute atomic E-state index is 12.4. The summed E-state index contributed by atoms with van der Waals surface area (Å²) in [4.78, 5) is 12.4. The summed E-state index contributed by atoms with van der Waals surface area (Å²) in [6, 6.07) is 14.6. The second-order valence-electron chi connectivity index (χ2n) is 4.48. The van der Waals surface area contributed by atoms with E-state index in [1.165, 1.54) is 0 Å². The van der Waals surface area contributed by atoms with Gasteiger partial charge in [0.15, 0.2) is 5.78 Å². The van der Waals surface area contributed by atoms with Crippen molar-refractivity contribution in [3.8, 4) is 5.75 Å². The van der Waals surface area contributed by atoms with E-state index >= 15 is 0 Å². The predicted molar refractivity (Wildman–Crippen MR) is 77.6 cm³/mol. The van der Waals surface area contributed by atoms with E-state index in [2.05, 4.69) is 0 Å². The maximum Gasteiger partial charge on any atom is 0.170 e. The third-order valence-corrected chi connectivity index (χ3v) is 3.20. The van der Waals surface area contributed by atoms with Crippen molar-refractivity contribution >= 4 is 19.1 Å². The summed E-state index contributed by atoms with van der Waals surface area (Å²) in [7, 11) is 7.25. The zero-order valence-electron chi connectivity index (χ0n) is 11.1. The Morgan fingerprint density at radius 3 is 2.16 bits per heavy atom. The van der Waals surface area contributed by atoms with Gasteiger partial charge < -0.3 is 4.74 Å². The molecule has 0 saturated carbocycles. The average Bonchev–Trinajstić information content (AvgIpc) is 2.46. The lowest BCUT2D eigenvalue weighted by Gasteiger charge is -2.11. The van der Waals surface area contributed by atoms with E-state index in [-0.39, 0.29) is 11.7 Å². The van der Waals surface area contributed by atoms with Gasteiger partial charge in [-0.2, -0.15) is 0 Å². The van der Waals surface area contributed by atoms with Gasteiger partial charge in [-0.3, -0.25) is 4.79 Å². The fourth-order valence-corrected chi connectivity index (χ4v) is 1.94. The van der Waals surface area contributed by atoms with Gasteiger partial charge in [-0.05, 0) is 29.8 Å². The number of ketones is 1. The summed E-state index contributed by atoms with van der Waals surface area (Å²) >= 11 is 0. The lowest BCUT2D eigenvalue weighted by molar-refractivity contribution is 0.0966. The molecule has 3 heteroatoms. The first kappa shape index (κ1) is 13.4. The first-order chi connectivity index (χ1) is 9.11. The largest absolute Gasteiger partial charge is 0.497 e.